The second-order valence-electron chi connectivity index (χ2n) is 4.97. The quantitative estimate of drug-likeness (QED) is 0.572. The number of ether oxygens (including phenoxy) is 2. The van der Waals surface area contributed by atoms with Crippen LogP contribution in [0.25, 0.3) is 0 Å². The molecule has 0 amide bonds. The minimum absolute atomic E-state index is 0.232. The van der Waals surface area contributed by atoms with Crippen LogP contribution >= 0.6 is 0 Å². The van der Waals surface area contributed by atoms with Gasteiger partial charge in [0.25, 0.3) is 0 Å². The minimum atomic E-state index is -1.37. The lowest BCUT2D eigenvalue weighted by atomic mass is 9.76. The molecule has 0 atom stereocenters. The van der Waals surface area contributed by atoms with Gasteiger partial charge in [-0.1, -0.05) is 43.2 Å². The molecule has 0 heterocycles. The maximum Gasteiger partial charge on any atom is 0.328 e. The molecular weight excluding hydrogens is 268 g/mol. The number of aryl methyl sites for hydroxylation is 1. The van der Waals surface area contributed by atoms with Gasteiger partial charge >= 0.3 is 11.9 Å². The smallest absolute Gasteiger partial charge is 0.328 e. The predicted octanol–water partition coefficient (Wildman–Crippen LogP) is 3.16. The first-order valence-electron chi connectivity index (χ1n) is 7.44. The van der Waals surface area contributed by atoms with E-state index in [9.17, 15) is 9.59 Å². The molecule has 1 aromatic carbocycles. The largest absolute Gasteiger partial charge is 0.465 e. The molecule has 0 aliphatic heterocycles. The monoisotopic (exact) mass is 292 g/mol. The topological polar surface area (TPSA) is 52.6 Å². The van der Waals surface area contributed by atoms with E-state index in [1.54, 1.807) is 19.9 Å². The molecule has 4 nitrogen and oxygen atoms in total. The third-order valence-electron chi connectivity index (χ3n) is 3.38. The Morgan fingerprint density at radius 1 is 1.05 bits per heavy atom. The maximum atomic E-state index is 12.6. The van der Waals surface area contributed by atoms with Crippen molar-refractivity contribution in [1.82, 2.24) is 0 Å². The summed E-state index contributed by atoms with van der Waals surface area (Å²) in [6, 6.07) is 7.41. The van der Waals surface area contributed by atoms with Gasteiger partial charge in [-0.3, -0.25) is 9.59 Å². The zero-order chi connectivity index (χ0) is 15.9. The zero-order valence-corrected chi connectivity index (χ0v) is 13.3. The Labute approximate surface area is 126 Å². The van der Waals surface area contributed by atoms with E-state index in [1.165, 1.54) is 0 Å². The van der Waals surface area contributed by atoms with Gasteiger partial charge < -0.3 is 9.47 Å². The van der Waals surface area contributed by atoms with Crippen LogP contribution in [0.5, 0.6) is 0 Å². The summed E-state index contributed by atoms with van der Waals surface area (Å²) in [5.41, 5.74) is 0.259. The summed E-state index contributed by atoms with van der Waals surface area (Å²) in [6.45, 7) is 7.79. The van der Waals surface area contributed by atoms with Crippen molar-refractivity contribution in [2.45, 2.75) is 46.0 Å². The molecule has 21 heavy (non-hydrogen) atoms. The van der Waals surface area contributed by atoms with Crippen molar-refractivity contribution in [2.75, 3.05) is 13.2 Å². The number of carbonyl (C=O) groups is 2. The van der Waals surface area contributed by atoms with Gasteiger partial charge in [0.2, 0.25) is 0 Å². The summed E-state index contributed by atoms with van der Waals surface area (Å²) in [5.74, 6) is -1.06. The van der Waals surface area contributed by atoms with E-state index in [2.05, 4.69) is 0 Å². The maximum absolute atomic E-state index is 12.6. The Morgan fingerprint density at radius 3 is 2.05 bits per heavy atom. The molecule has 0 radical (unpaired) electrons. The number of carbonyl (C=O) groups excluding carboxylic acids is 2. The lowest BCUT2D eigenvalue weighted by Gasteiger charge is -2.29. The Balaban J connectivity index is 3.42. The molecule has 0 unspecified atom stereocenters. The SMILES string of the molecule is CCCC(C(=O)OCC)(C(=O)OCC)c1cccc(C)c1. The number of hydrogen-bond donors (Lipinski definition) is 0. The Kier molecular flexibility index (Phi) is 6.40. The first-order valence-corrected chi connectivity index (χ1v) is 7.44. The fraction of sp³-hybridized carbons (Fsp3) is 0.529. The molecule has 0 aliphatic carbocycles. The summed E-state index contributed by atoms with van der Waals surface area (Å²) >= 11 is 0. The van der Waals surface area contributed by atoms with Crippen LogP contribution in [0.15, 0.2) is 24.3 Å². The van der Waals surface area contributed by atoms with Gasteiger partial charge in [-0.05, 0) is 32.8 Å². The fourth-order valence-electron chi connectivity index (χ4n) is 2.46. The highest BCUT2D eigenvalue weighted by molar-refractivity contribution is 6.06. The van der Waals surface area contributed by atoms with Crippen molar-refractivity contribution >= 4 is 11.9 Å². The molecule has 1 rings (SSSR count). The molecule has 0 aliphatic rings. The minimum Gasteiger partial charge on any atom is -0.465 e. The van der Waals surface area contributed by atoms with Crippen LogP contribution in [0, 0.1) is 6.92 Å². The number of rotatable bonds is 7. The van der Waals surface area contributed by atoms with Gasteiger partial charge in [-0.2, -0.15) is 0 Å². The summed E-state index contributed by atoms with van der Waals surface area (Å²) < 4.78 is 10.4. The number of benzene rings is 1. The molecule has 4 heteroatoms. The Bertz CT molecular complexity index is 475. The van der Waals surface area contributed by atoms with Gasteiger partial charge in [0, 0.05) is 0 Å². The van der Waals surface area contributed by atoms with E-state index in [0.717, 1.165) is 5.56 Å². The van der Waals surface area contributed by atoms with Crippen LogP contribution in [-0.4, -0.2) is 25.2 Å². The summed E-state index contributed by atoms with van der Waals surface area (Å²) in [4.78, 5) is 25.1. The van der Waals surface area contributed by atoms with Crippen molar-refractivity contribution in [2.24, 2.45) is 0 Å². The summed E-state index contributed by atoms with van der Waals surface area (Å²) in [5, 5.41) is 0. The van der Waals surface area contributed by atoms with Crippen molar-refractivity contribution in [3.63, 3.8) is 0 Å². The van der Waals surface area contributed by atoms with Gasteiger partial charge in [0.05, 0.1) is 13.2 Å². The van der Waals surface area contributed by atoms with E-state index in [4.69, 9.17) is 9.47 Å². The molecule has 0 N–H and O–H groups in total. The van der Waals surface area contributed by atoms with Crippen LogP contribution in [0.3, 0.4) is 0 Å². The lowest BCUT2D eigenvalue weighted by Crippen LogP contribution is -2.46. The van der Waals surface area contributed by atoms with Crippen LogP contribution < -0.4 is 0 Å². The van der Waals surface area contributed by atoms with E-state index in [1.807, 2.05) is 32.0 Å². The van der Waals surface area contributed by atoms with Crippen LogP contribution in [0.2, 0.25) is 0 Å². The van der Waals surface area contributed by atoms with Gasteiger partial charge in [-0.25, -0.2) is 0 Å². The van der Waals surface area contributed by atoms with Crippen LogP contribution in [0.1, 0.15) is 44.7 Å². The molecule has 116 valence electrons. The molecule has 0 saturated carbocycles. The third kappa shape index (κ3) is 3.63. The molecular formula is C17H24O4. The van der Waals surface area contributed by atoms with Crippen LogP contribution in [-0.2, 0) is 24.5 Å². The van der Waals surface area contributed by atoms with Crippen molar-refractivity contribution in [1.29, 1.82) is 0 Å². The highest BCUT2D eigenvalue weighted by atomic mass is 16.6. The van der Waals surface area contributed by atoms with Crippen molar-refractivity contribution in [3.05, 3.63) is 35.4 Å². The second-order valence-corrected chi connectivity index (χ2v) is 4.97. The third-order valence-corrected chi connectivity index (χ3v) is 3.38. The first kappa shape index (κ1) is 17.2. The molecule has 0 bridgehead atoms. The Hall–Kier alpha value is -1.84. The highest BCUT2D eigenvalue weighted by Gasteiger charge is 2.49. The Morgan fingerprint density at radius 2 is 1.62 bits per heavy atom. The van der Waals surface area contributed by atoms with E-state index >= 15 is 0 Å². The molecule has 0 fully saturated rings. The normalized spacial score (nSPS) is 11.0. The average Bonchev–Trinajstić information content (AvgIpc) is 2.45. The summed E-state index contributed by atoms with van der Waals surface area (Å²) in [7, 11) is 0. The van der Waals surface area contributed by atoms with Crippen molar-refractivity contribution in [3.8, 4) is 0 Å². The van der Waals surface area contributed by atoms with Crippen molar-refractivity contribution < 1.29 is 19.1 Å². The predicted molar refractivity (Wildman–Crippen MR) is 81.0 cm³/mol. The average molecular weight is 292 g/mol. The van der Waals surface area contributed by atoms with E-state index < -0.39 is 17.4 Å². The lowest BCUT2D eigenvalue weighted by molar-refractivity contribution is -0.165. The molecule has 0 spiro atoms. The fourth-order valence-corrected chi connectivity index (χ4v) is 2.46. The molecule has 1 aromatic rings. The second kappa shape index (κ2) is 7.81. The highest BCUT2D eigenvalue weighted by Crippen LogP contribution is 2.33. The molecule has 0 saturated heterocycles. The first-order chi connectivity index (χ1) is 10.0. The number of esters is 2. The van der Waals surface area contributed by atoms with Gasteiger partial charge in [0.15, 0.2) is 5.41 Å². The van der Waals surface area contributed by atoms with Gasteiger partial charge in [-0.15, -0.1) is 0 Å². The van der Waals surface area contributed by atoms with Gasteiger partial charge in [0.1, 0.15) is 0 Å². The standard InChI is InChI=1S/C17H24O4/c1-5-11-17(15(18)20-6-2,16(19)21-7-3)14-10-8-9-13(4)12-14/h8-10,12H,5-7,11H2,1-4H3. The number of hydrogen-bond acceptors (Lipinski definition) is 4. The van der Waals surface area contributed by atoms with Crippen LogP contribution in [0.4, 0.5) is 0 Å². The molecule has 0 aromatic heterocycles. The van der Waals surface area contributed by atoms with E-state index in [-0.39, 0.29) is 13.2 Å². The summed E-state index contributed by atoms with van der Waals surface area (Å²) in [6.07, 6.45) is 1.04. The van der Waals surface area contributed by atoms with E-state index in [0.29, 0.717) is 18.4 Å². The zero-order valence-electron chi connectivity index (χ0n) is 13.3.